The SMILES string of the molecule is CCCCB(O)OC1=CC1. The number of hydrogen-bond acceptors (Lipinski definition) is 2. The molecule has 1 aliphatic carbocycles. The summed E-state index contributed by atoms with van der Waals surface area (Å²) in [4.78, 5) is 0. The molecule has 0 amide bonds. The van der Waals surface area contributed by atoms with Crippen LogP contribution >= 0.6 is 0 Å². The molecule has 0 saturated carbocycles. The van der Waals surface area contributed by atoms with Crippen molar-refractivity contribution in [1.82, 2.24) is 0 Å². The van der Waals surface area contributed by atoms with Gasteiger partial charge in [-0.05, 0) is 12.4 Å². The molecule has 0 saturated heterocycles. The summed E-state index contributed by atoms with van der Waals surface area (Å²) >= 11 is 0. The van der Waals surface area contributed by atoms with Crippen molar-refractivity contribution in [2.45, 2.75) is 32.5 Å². The Labute approximate surface area is 62.0 Å². The second-order valence-electron chi connectivity index (χ2n) is 2.59. The van der Waals surface area contributed by atoms with Crippen molar-refractivity contribution in [3.05, 3.63) is 11.8 Å². The maximum atomic E-state index is 9.13. The first-order chi connectivity index (χ1) is 4.83. The van der Waals surface area contributed by atoms with Gasteiger partial charge in [0.15, 0.2) is 0 Å². The molecule has 0 heterocycles. The molecule has 0 atom stereocenters. The fourth-order valence-corrected chi connectivity index (χ4v) is 0.750. The number of rotatable bonds is 5. The maximum Gasteiger partial charge on any atom is 0.522 e. The second kappa shape index (κ2) is 3.66. The average Bonchev–Trinajstić information content (AvgIpc) is 2.67. The highest BCUT2D eigenvalue weighted by Crippen LogP contribution is 2.20. The molecular formula is C7H13BO2. The van der Waals surface area contributed by atoms with E-state index >= 15 is 0 Å². The molecule has 1 rings (SSSR count). The van der Waals surface area contributed by atoms with Crippen LogP contribution in [0.5, 0.6) is 0 Å². The Balaban J connectivity index is 1.97. The Bertz CT molecular complexity index is 134. The Morgan fingerprint density at radius 2 is 2.50 bits per heavy atom. The quantitative estimate of drug-likeness (QED) is 0.587. The number of allylic oxidation sites excluding steroid dienone is 2. The minimum Gasteiger partial charge on any atom is -0.539 e. The van der Waals surface area contributed by atoms with Gasteiger partial charge in [-0.15, -0.1) is 0 Å². The summed E-state index contributed by atoms with van der Waals surface area (Å²) < 4.78 is 5.08. The summed E-state index contributed by atoms with van der Waals surface area (Å²) in [5.74, 6) is 0.948. The molecule has 1 aliphatic rings. The summed E-state index contributed by atoms with van der Waals surface area (Å²) in [6, 6.07) is 0. The smallest absolute Gasteiger partial charge is 0.522 e. The fraction of sp³-hybridized carbons (Fsp3) is 0.714. The third-order valence-corrected chi connectivity index (χ3v) is 1.46. The summed E-state index contributed by atoms with van der Waals surface area (Å²) in [5, 5.41) is 9.13. The highest BCUT2D eigenvalue weighted by Gasteiger charge is 2.18. The summed E-state index contributed by atoms with van der Waals surface area (Å²) in [6.07, 6.45) is 5.81. The van der Waals surface area contributed by atoms with Crippen LogP contribution in [0, 0.1) is 0 Å². The van der Waals surface area contributed by atoms with Crippen molar-refractivity contribution in [3.63, 3.8) is 0 Å². The lowest BCUT2D eigenvalue weighted by molar-refractivity contribution is 0.347. The molecule has 0 aromatic carbocycles. The standard InChI is InChI=1S/C7H13BO2/c1-2-3-6-8(9)10-7-4-5-7/h4,9H,2-3,5-6H2,1H3. The summed E-state index contributed by atoms with van der Waals surface area (Å²) in [7, 11) is -0.561. The molecule has 10 heavy (non-hydrogen) atoms. The van der Waals surface area contributed by atoms with Crippen LogP contribution in [-0.4, -0.2) is 12.1 Å². The van der Waals surface area contributed by atoms with Crippen LogP contribution in [0.2, 0.25) is 6.32 Å². The average molecular weight is 140 g/mol. The topological polar surface area (TPSA) is 29.5 Å². The predicted octanol–water partition coefficient (Wildman–Crippen LogP) is 1.57. The zero-order valence-electron chi connectivity index (χ0n) is 6.34. The van der Waals surface area contributed by atoms with Crippen LogP contribution in [0.15, 0.2) is 11.8 Å². The van der Waals surface area contributed by atoms with E-state index in [1.165, 1.54) is 0 Å². The molecule has 3 heteroatoms. The summed E-state index contributed by atoms with van der Waals surface area (Å²) in [5.41, 5.74) is 0. The molecule has 0 aromatic rings. The van der Waals surface area contributed by atoms with Crippen LogP contribution in [0.25, 0.3) is 0 Å². The highest BCUT2D eigenvalue weighted by molar-refractivity contribution is 6.43. The van der Waals surface area contributed by atoms with Gasteiger partial charge in [0.1, 0.15) is 0 Å². The van der Waals surface area contributed by atoms with Crippen LogP contribution in [0.3, 0.4) is 0 Å². The van der Waals surface area contributed by atoms with E-state index in [-0.39, 0.29) is 0 Å². The van der Waals surface area contributed by atoms with E-state index in [2.05, 4.69) is 6.92 Å². The molecule has 0 spiro atoms. The Kier molecular flexibility index (Phi) is 2.81. The van der Waals surface area contributed by atoms with Gasteiger partial charge < -0.3 is 9.68 Å². The van der Waals surface area contributed by atoms with Gasteiger partial charge in [-0.25, -0.2) is 0 Å². The lowest BCUT2D eigenvalue weighted by atomic mass is 9.83. The number of hydrogen-bond donors (Lipinski definition) is 1. The van der Waals surface area contributed by atoms with Crippen molar-refractivity contribution in [2.75, 3.05) is 0 Å². The van der Waals surface area contributed by atoms with Crippen LogP contribution in [-0.2, 0) is 4.65 Å². The molecule has 0 fully saturated rings. The van der Waals surface area contributed by atoms with Crippen molar-refractivity contribution in [1.29, 1.82) is 0 Å². The van der Waals surface area contributed by atoms with Crippen molar-refractivity contribution in [2.24, 2.45) is 0 Å². The third kappa shape index (κ3) is 2.92. The van der Waals surface area contributed by atoms with Crippen LogP contribution in [0.4, 0.5) is 0 Å². The molecule has 0 unspecified atom stereocenters. The van der Waals surface area contributed by atoms with E-state index in [1.54, 1.807) is 0 Å². The third-order valence-electron chi connectivity index (χ3n) is 1.46. The largest absolute Gasteiger partial charge is 0.539 e. The van der Waals surface area contributed by atoms with E-state index in [0.717, 1.165) is 31.3 Å². The molecular weight excluding hydrogens is 127 g/mol. The van der Waals surface area contributed by atoms with Crippen molar-refractivity contribution < 1.29 is 9.68 Å². The Morgan fingerprint density at radius 3 is 3.00 bits per heavy atom. The Hall–Kier alpha value is -0.435. The van der Waals surface area contributed by atoms with Gasteiger partial charge >= 0.3 is 7.12 Å². The van der Waals surface area contributed by atoms with E-state index in [9.17, 15) is 0 Å². The van der Waals surface area contributed by atoms with Crippen LogP contribution in [0.1, 0.15) is 26.2 Å². The van der Waals surface area contributed by atoms with E-state index in [0.29, 0.717) is 0 Å². The predicted molar refractivity (Wildman–Crippen MR) is 41.5 cm³/mol. The van der Waals surface area contributed by atoms with Gasteiger partial charge in [-0.2, -0.15) is 0 Å². The van der Waals surface area contributed by atoms with Crippen molar-refractivity contribution in [3.8, 4) is 0 Å². The first-order valence-electron chi connectivity index (χ1n) is 3.86. The van der Waals surface area contributed by atoms with Gasteiger partial charge in [-0.3, -0.25) is 0 Å². The maximum absolute atomic E-state index is 9.13. The fourth-order valence-electron chi connectivity index (χ4n) is 0.750. The lowest BCUT2D eigenvalue weighted by Gasteiger charge is -2.04. The molecule has 2 nitrogen and oxygen atoms in total. The van der Waals surface area contributed by atoms with Crippen LogP contribution < -0.4 is 0 Å². The molecule has 0 radical (unpaired) electrons. The van der Waals surface area contributed by atoms with E-state index in [4.69, 9.17) is 9.68 Å². The lowest BCUT2D eigenvalue weighted by Crippen LogP contribution is -2.14. The summed E-state index contributed by atoms with van der Waals surface area (Å²) in [6.45, 7) is 2.10. The first kappa shape index (κ1) is 7.67. The van der Waals surface area contributed by atoms with Crippen molar-refractivity contribution >= 4 is 7.12 Å². The van der Waals surface area contributed by atoms with Gasteiger partial charge in [-0.1, -0.05) is 19.8 Å². The molecule has 1 N–H and O–H groups in total. The minimum absolute atomic E-state index is 0.561. The molecule has 0 aromatic heterocycles. The second-order valence-corrected chi connectivity index (χ2v) is 2.59. The zero-order valence-corrected chi connectivity index (χ0v) is 6.34. The number of unbranched alkanes of at least 4 members (excludes halogenated alkanes) is 1. The van der Waals surface area contributed by atoms with Gasteiger partial charge in [0.25, 0.3) is 0 Å². The normalized spacial score (nSPS) is 14.4. The van der Waals surface area contributed by atoms with E-state index in [1.807, 2.05) is 6.08 Å². The Morgan fingerprint density at radius 1 is 1.80 bits per heavy atom. The molecule has 56 valence electrons. The minimum atomic E-state index is -0.561. The van der Waals surface area contributed by atoms with Gasteiger partial charge in [0.2, 0.25) is 0 Å². The zero-order chi connectivity index (χ0) is 7.40. The molecule has 0 aliphatic heterocycles. The van der Waals surface area contributed by atoms with Gasteiger partial charge in [0, 0.05) is 6.42 Å². The first-order valence-corrected chi connectivity index (χ1v) is 3.86. The van der Waals surface area contributed by atoms with Gasteiger partial charge in [0.05, 0.1) is 5.76 Å². The highest BCUT2D eigenvalue weighted by atomic mass is 16.5. The molecule has 0 bridgehead atoms. The van der Waals surface area contributed by atoms with E-state index < -0.39 is 7.12 Å². The monoisotopic (exact) mass is 140 g/mol.